The average molecular weight is 724 g/mol. The van der Waals surface area contributed by atoms with Crippen molar-refractivity contribution in [3.63, 3.8) is 0 Å². The first-order valence-corrected chi connectivity index (χ1v) is 17.9. The van der Waals surface area contributed by atoms with Crippen molar-refractivity contribution < 1.29 is 36.2 Å². The maximum Gasteiger partial charge on any atom is 0.322 e. The van der Waals surface area contributed by atoms with E-state index in [0.717, 1.165) is 30.8 Å². The van der Waals surface area contributed by atoms with E-state index in [2.05, 4.69) is 4.98 Å². The molecule has 1 aromatic heterocycles. The molecule has 0 spiro atoms. The van der Waals surface area contributed by atoms with Crippen LogP contribution in [0.4, 0.5) is 13.2 Å². The van der Waals surface area contributed by atoms with E-state index in [9.17, 15) is 22.7 Å². The summed E-state index contributed by atoms with van der Waals surface area (Å²) < 4.78 is 79.2. The molecule has 1 atom stereocenters. The third-order valence-electron chi connectivity index (χ3n) is 8.27. The molecule has 1 N–H and O–H groups in total. The minimum atomic E-state index is -4.54. The van der Waals surface area contributed by atoms with Crippen LogP contribution >= 0.6 is 23.4 Å². The first kappa shape index (κ1) is 37.3. The van der Waals surface area contributed by atoms with E-state index in [1.807, 2.05) is 26.8 Å². The van der Waals surface area contributed by atoms with Crippen LogP contribution in [-0.2, 0) is 26.0 Å². The molecule has 0 aliphatic heterocycles. The summed E-state index contributed by atoms with van der Waals surface area (Å²) in [7, 11) is -1.94. The van der Waals surface area contributed by atoms with E-state index in [1.54, 1.807) is 35.0 Å². The monoisotopic (exact) mass is 723 g/mol. The van der Waals surface area contributed by atoms with Crippen molar-refractivity contribution in [3.8, 4) is 11.4 Å². The second-order valence-electron chi connectivity index (χ2n) is 11.7. The maximum atomic E-state index is 15.5. The predicted molar refractivity (Wildman–Crippen MR) is 180 cm³/mol. The summed E-state index contributed by atoms with van der Waals surface area (Å²) in [6, 6.07) is 11.1. The van der Waals surface area contributed by atoms with Crippen LogP contribution in [0, 0.1) is 17.5 Å². The molecule has 258 valence electrons. The number of carboxylic acid groups (broad SMARTS) is 1. The molecule has 48 heavy (non-hydrogen) atoms. The van der Waals surface area contributed by atoms with Gasteiger partial charge in [-0.1, -0.05) is 69.5 Å². The molecule has 0 bridgehead atoms. The minimum absolute atomic E-state index is 0.0592. The number of nitrogens with zero attached hydrogens (tertiary/aromatic N) is 3. The van der Waals surface area contributed by atoms with Crippen molar-refractivity contribution in [2.45, 2.75) is 73.7 Å². The van der Waals surface area contributed by atoms with E-state index in [1.165, 1.54) is 19.2 Å². The average Bonchev–Trinajstić information content (AvgIpc) is 3.47. The van der Waals surface area contributed by atoms with Crippen LogP contribution < -0.4 is 4.74 Å². The van der Waals surface area contributed by atoms with E-state index in [0.29, 0.717) is 56.6 Å². The lowest BCUT2D eigenvalue weighted by Gasteiger charge is -2.28. The molecule has 4 aromatic rings. The Kier molecular flexibility index (Phi) is 11.9. The van der Waals surface area contributed by atoms with Crippen molar-refractivity contribution in [1.82, 2.24) is 13.9 Å². The topological polar surface area (TPSA) is 102 Å². The van der Waals surface area contributed by atoms with Gasteiger partial charge in [-0.25, -0.2) is 26.6 Å². The predicted octanol–water partition coefficient (Wildman–Crippen LogP) is 8.22. The zero-order chi connectivity index (χ0) is 35.4. The molecule has 14 heteroatoms. The lowest BCUT2D eigenvalue weighted by atomic mass is 9.81. The Morgan fingerprint density at radius 2 is 1.73 bits per heavy atom. The van der Waals surface area contributed by atoms with Gasteiger partial charge in [0.25, 0.3) is 0 Å². The number of ether oxygens (including phenoxy) is 1. The van der Waals surface area contributed by atoms with E-state index in [-0.39, 0.29) is 12.2 Å². The van der Waals surface area contributed by atoms with Crippen molar-refractivity contribution in [3.05, 3.63) is 100 Å². The second-order valence-corrected chi connectivity index (χ2v) is 15.1. The van der Waals surface area contributed by atoms with Gasteiger partial charge in [0.05, 0.1) is 28.9 Å². The summed E-state index contributed by atoms with van der Waals surface area (Å²) in [4.78, 5) is 15.7. The first-order valence-electron chi connectivity index (χ1n) is 15.1. The van der Waals surface area contributed by atoms with Crippen molar-refractivity contribution >= 4 is 39.4 Å². The number of unbranched alkanes of at least 4 members (excludes halogenated alkanes) is 2. The fourth-order valence-corrected chi connectivity index (χ4v) is 7.87. The van der Waals surface area contributed by atoms with Gasteiger partial charge >= 0.3 is 5.97 Å². The summed E-state index contributed by atoms with van der Waals surface area (Å²) in [5.41, 5.74) is 0.964. The molecule has 0 amide bonds. The highest BCUT2D eigenvalue weighted by molar-refractivity contribution is 7.98. The number of methoxy groups -OCH3 is 1. The molecule has 3 aromatic carbocycles. The highest BCUT2D eigenvalue weighted by Crippen LogP contribution is 2.39. The highest BCUT2D eigenvalue weighted by Gasteiger charge is 2.34. The number of hydrogen-bond donors (Lipinski definition) is 1. The molecule has 8 nitrogen and oxygen atoms in total. The molecular weight excluding hydrogens is 687 g/mol. The fourth-order valence-electron chi connectivity index (χ4n) is 5.30. The van der Waals surface area contributed by atoms with E-state index < -0.39 is 55.4 Å². The normalized spacial score (nSPS) is 12.8. The molecule has 0 radical (unpaired) electrons. The van der Waals surface area contributed by atoms with Crippen LogP contribution in [0.15, 0.2) is 70.8 Å². The van der Waals surface area contributed by atoms with Crippen molar-refractivity contribution in [1.29, 1.82) is 0 Å². The first-order chi connectivity index (χ1) is 22.6. The van der Waals surface area contributed by atoms with Gasteiger partial charge in [-0.3, -0.25) is 9.36 Å². The number of carboxylic acids is 1. The molecule has 0 saturated heterocycles. The number of sulfonamides is 1. The van der Waals surface area contributed by atoms with Gasteiger partial charge in [0, 0.05) is 29.5 Å². The lowest BCUT2D eigenvalue weighted by Crippen LogP contribution is -2.42. The van der Waals surface area contributed by atoms with Gasteiger partial charge < -0.3 is 9.84 Å². The van der Waals surface area contributed by atoms with Crippen LogP contribution in [0.5, 0.6) is 5.75 Å². The third-order valence-corrected chi connectivity index (χ3v) is 11.4. The number of likely N-dealkylation sites (N-methyl/N-ethyl adjacent to an activating group) is 1. The largest absolute Gasteiger partial charge is 0.495 e. The number of thioether (sulfide) groups is 1. The van der Waals surface area contributed by atoms with Gasteiger partial charge in [0.15, 0.2) is 5.16 Å². The quantitative estimate of drug-likeness (QED) is 0.0974. The number of imidazole rings is 1. The van der Waals surface area contributed by atoms with Gasteiger partial charge in [-0.2, -0.15) is 4.31 Å². The number of aliphatic carboxylic acids is 1. The van der Waals surface area contributed by atoms with Crippen LogP contribution in [0.25, 0.3) is 5.69 Å². The molecule has 1 heterocycles. The Bertz CT molecular complexity index is 1860. The van der Waals surface area contributed by atoms with Crippen LogP contribution in [-0.4, -0.2) is 53.5 Å². The molecule has 0 saturated carbocycles. The number of carbonyl (C=O) groups is 1. The number of aromatic nitrogens is 2. The number of hydrogen-bond acceptors (Lipinski definition) is 6. The Balaban J connectivity index is 1.68. The number of rotatable bonds is 15. The molecule has 4 rings (SSSR count). The summed E-state index contributed by atoms with van der Waals surface area (Å²) >= 11 is 7.27. The third kappa shape index (κ3) is 7.85. The zero-order valence-electron chi connectivity index (χ0n) is 27.1. The molecule has 0 aliphatic carbocycles. The van der Waals surface area contributed by atoms with Gasteiger partial charge in [0.1, 0.15) is 29.2 Å². The summed E-state index contributed by atoms with van der Waals surface area (Å²) in [5.74, 6) is -3.81. The molecule has 0 fully saturated rings. The van der Waals surface area contributed by atoms with Crippen molar-refractivity contribution in [2.75, 3.05) is 14.2 Å². The smallest absolute Gasteiger partial charge is 0.322 e. The minimum Gasteiger partial charge on any atom is -0.495 e. The van der Waals surface area contributed by atoms with E-state index >= 15 is 8.78 Å². The Morgan fingerprint density at radius 3 is 2.31 bits per heavy atom. The van der Waals surface area contributed by atoms with E-state index in [4.69, 9.17) is 16.3 Å². The Labute approximate surface area is 287 Å². The van der Waals surface area contributed by atoms with Crippen LogP contribution in [0.2, 0.25) is 5.02 Å². The van der Waals surface area contributed by atoms with Gasteiger partial charge in [0.2, 0.25) is 10.0 Å². The van der Waals surface area contributed by atoms with Crippen molar-refractivity contribution in [2.24, 2.45) is 0 Å². The zero-order valence-corrected chi connectivity index (χ0v) is 29.5. The summed E-state index contributed by atoms with van der Waals surface area (Å²) in [6.07, 6.45) is 3.68. The van der Waals surface area contributed by atoms with Gasteiger partial charge in [-0.05, 0) is 60.5 Å². The van der Waals surface area contributed by atoms with Gasteiger partial charge in [-0.15, -0.1) is 0 Å². The number of halogens is 4. The molecule has 0 aliphatic rings. The lowest BCUT2D eigenvalue weighted by molar-refractivity contribution is -0.141. The van der Waals surface area contributed by atoms with Crippen LogP contribution in [0.1, 0.15) is 63.3 Å². The standard InChI is InChI=1S/C34H37ClF3N3O5S2/c1-6-7-8-9-29(32(42)43)40(4)48(44,45)24-17-27(37)25(28(38)18-24)20-47-33-39-19-31(41(33)23-13-11-22(36)12-14-23)34(2,3)21-10-15-26(35)30(16-21)46-5/h10-19,29H,6-9,20H2,1-5H3,(H,42,43)/t29-/m1/s1. The Hall–Kier alpha value is -3.52. The fraction of sp³-hybridized carbons (Fsp3) is 0.353. The summed E-state index contributed by atoms with van der Waals surface area (Å²) in [5, 5.41) is 10.4. The number of benzene rings is 3. The highest BCUT2D eigenvalue weighted by atomic mass is 35.5. The second kappa shape index (κ2) is 15.4. The maximum absolute atomic E-state index is 15.5. The SMILES string of the molecule is CCCCC[C@H](C(=O)O)N(C)S(=O)(=O)c1cc(F)c(CSc2ncc(C(C)(C)c3ccc(Cl)c(OC)c3)n2-c2ccc(F)cc2)c(F)c1. The molecular formula is C34H37ClF3N3O5S2. The summed E-state index contributed by atoms with van der Waals surface area (Å²) in [6.45, 7) is 5.83. The molecule has 0 unspecified atom stereocenters. The van der Waals surface area contributed by atoms with Crippen LogP contribution in [0.3, 0.4) is 0 Å². The Morgan fingerprint density at radius 1 is 1.08 bits per heavy atom.